The van der Waals surface area contributed by atoms with E-state index in [1.807, 2.05) is 6.92 Å². The lowest BCUT2D eigenvalue weighted by Gasteiger charge is -2.31. The molecule has 0 unspecified atom stereocenters. The van der Waals surface area contributed by atoms with E-state index in [2.05, 4.69) is 0 Å². The summed E-state index contributed by atoms with van der Waals surface area (Å²) in [6.07, 6.45) is -2.63. The first-order chi connectivity index (χ1) is 8.35. The Bertz CT molecular complexity index is 240. The van der Waals surface area contributed by atoms with Crippen LogP contribution in [0.3, 0.4) is 0 Å². The predicted molar refractivity (Wildman–Crippen MR) is 63.2 cm³/mol. The number of carbonyl (C=O) groups is 1. The number of hydrogen-bond acceptors (Lipinski definition) is 2. The summed E-state index contributed by atoms with van der Waals surface area (Å²) in [5, 5.41) is 0. The van der Waals surface area contributed by atoms with Crippen molar-refractivity contribution in [3.05, 3.63) is 0 Å². The largest absolute Gasteiger partial charge is 0.406 e. The highest BCUT2D eigenvalue weighted by molar-refractivity contribution is 5.77. The molecule has 6 heteroatoms. The van der Waals surface area contributed by atoms with Crippen molar-refractivity contribution in [2.24, 2.45) is 0 Å². The quantitative estimate of drug-likeness (QED) is 0.634. The van der Waals surface area contributed by atoms with Crippen LogP contribution in [0.25, 0.3) is 0 Å². The Labute approximate surface area is 106 Å². The van der Waals surface area contributed by atoms with Crippen LogP contribution in [0, 0.1) is 0 Å². The SMILES string of the molecule is CCCOCC(=O)N(CC(F)(F)F)C(CC)CC. The van der Waals surface area contributed by atoms with Gasteiger partial charge in [-0.2, -0.15) is 13.2 Å². The van der Waals surface area contributed by atoms with Gasteiger partial charge in [-0.3, -0.25) is 4.79 Å². The first kappa shape index (κ1) is 17.2. The van der Waals surface area contributed by atoms with E-state index in [-0.39, 0.29) is 12.6 Å². The molecule has 0 spiro atoms. The number of ether oxygens (including phenoxy) is 1. The number of rotatable bonds is 8. The molecule has 0 aliphatic heterocycles. The lowest BCUT2D eigenvalue weighted by molar-refractivity contribution is -0.168. The molecule has 0 aliphatic carbocycles. The molecule has 0 N–H and O–H groups in total. The van der Waals surface area contributed by atoms with Gasteiger partial charge in [0.25, 0.3) is 0 Å². The Morgan fingerprint density at radius 2 is 1.78 bits per heavy atom. The van der Waals surface area contributed by atoms with Gasteiger partial charge in [0.15, 0.2) is 0 Å². The van der Waals surface area contributed by atoms with E-state index in [0.29, 0.717) is 19.4 Å². The zero-order valence-electron chi connectivity index (χ0n) is 11.2. The molecule has 0 bridgehead atoms. The van der Waals surface area contributed by atoms with Crippen LogP contribution in [0.15, 0.2) is 0 Å². The molecule has 0 radical (unpaired) electrons. The molecule has 18 heavy (non-hydrogen) atoms. The molecular formula is C12H22F3NO2. The maximum atomic E-state index is 12.5. The van der Waals surface area contributed by atoms with Crippen LogP contribution in [0.5, 0.6) is 0 Å². The van der Waals surface area contributed by atoms with Crippen molar-refractivity contribution in [1.82, 2.24) is 4.90 Å². The van der Waals surface area contributed by atoms with Crippen molar-refractivity contribution in [1.29, 1.82) is 0 Å². The van der Waals surface area contributed by atoms with Crippen LogP contribution in [0.1, 0.15) is 40.0 Å². The molecule has 0 saturated heterocycles. The molecule has 0 heterocycles. The first-order valence-corrected chi connectivity index (χ1v) is 6.29. The van der Waals surface area contributed by atoms with Gasteiger partial charge in [0.2, 0.25) is 5.91 Å². The van der Waals surface area contributed by atoms with Crippen molar-refractivity contribution >= 4 is 5.91 Å². The summed E-state index contributed by atoms with van der Waals surface area (Å²) < 4.78 is 42.4. The Balaban J connectivity index is 4.58. The highest BCUT2D eigenvalue weighted by atomic mass is 19.4. The molecule has 0 aromatic carbocycles. The third-order valence-corrected chi connectivity index (χ3v) is 2.63. The molecule has 3 nitrogen and oxygen atoms in total. The Morgan fingerprint density at radius 3 is 2.17 bits per heavy atom. The van der Waals surface area contributed by atoms with E-state index in [4.69, 9.17) is 4.74 Å². The number of nitrogens with zero attached hydrogens (tertiary/aromatic N) is 1. The maximum Gasteiger partial charge on any atom is 0.406 e. The molecule has 0 fully saturated rings. The van der Waals surface area contributed by atoms with E-state index in [1.54, 1.807) is 13.8 Å². The lowest BCUT2D eigenvalue weighted by atomic mass is 10.1. The summed E-state index contributed by atoms with van der Waals surface area (Å²) in [6.45, 7) is 4.33. The van der Waals surface area contributed by atoms with Gasteiger partial charge in [-0.1, -0.05) is 20.8 Å². The molecule has 108 valence electrons. The second-order valence-corrected chi connectivity index (χ2v) is 4.16. The minimum Gasteiger partial charge on any atom is -0.372 e. The average Bonchev–Trinajstić information content (AvgIpc) is 2.28. The number of amides is 1. The summed E-state index contributed by atoms with van der Waals surface area (Å²) in [4.78, 5) is 12.6. The summed E-state index contributed by atoms with van der Waals surface area (Å²) in [5.74, 6) is -0.588. The fourth-order valence-corrected chi connectivity index (χ4v) is 1.73. The van der Waals surface area contributed by atoms with Gasteiger partial charge < -0.3 is 9.64 Å². The monoisotopic (exact) mass is 269 g/mol. The summed E-state index contributed by atoms with van der Waals surface area (Å²) in [5.41, 5.74) is 0. The second kappa shape index (κ2) is 8.34. The van der Waals surface area contributed by atoms with Crippen LogP contribution in [0.4, 0.5) is 13.2 Å². The standard InChI is InChI=1S/C12H22F3NO2/c1-4-7-18-8-11(17)16(9-12(13,14)15)10(5-2)6-3/h10H,4-9H2,1-3H3. The second-order valence-electron chi connectivity index (χ2n) is 4.16. The van der Waals surface area contributed by atoms with Gasteiger partial charge >= 0.3 is 6.18 Å². The van der Waals surface area contributed by atoms with Gasteiger partial charge in [-0.05, 0) is 19.3 Å². The Hall–Kier alpha value is -0.780. The molecular weight excluding hydrogens is 247 g/mol. The van der Waals surface area contributed by atoms with Crippen LogP contribution in [0.2, 0.25) is 0 Å². The highest BCUT2D eigenvalue weighted by Gasteiger charge is 2.35. The summed E-state index contributed by atoms with van der Waals surface area (Å²) in [7, 11) is 0. The van der Waals surface area contributed by atoms with Gasteiger partial charge in [0.05, 0.1) is 0 Å². The van der Waals surface area contributed by atoms with E-state index in [0.717, 1.165) is 11.3 Å². The molecule has 0 saturated carbocycles. The number of alkyl halides is 3. The molecule has 0 aliphatic rings. The minimum absolute atomic E-state index is 0.277. The number of halogens is 3. The van der Waals surface area contributed by atoms with Crippen molar-refractivity contribution in [3.8, 4) is 0 Å². The van der Waals surface area contributed by atoms with E-state index < -0.39 is 18.6 Å². The summed E-state index contributed by atoms with van der Waals surface area (Å²) in [6, 6.07) is -0.385. The van der Waals surface area contributed by atoms with Crippen molar-refractivity contribution in [3.63, 3.8) is 0 Å². The van der Waals surface area contributed by atoms with Gasteiger partial charge in [0.1, 0.15) is 13.2 Å². The normalized spacial score (nSPS) is 11.9. The maximum absolute atomic E-state index is 12.5. The van der Waals surface area contributed by atoms with Crippen LogP contribution >= 0.6 is 0 Å². The average molecular weight is 269 g/mol. The van der Waals surface area contributed by atoms with Gasteiger partial charge in [0, 0.05) is 12.6 Å². The lowest BCUT2D eigenvalue weighted by Crippen LogP contribution is -2.46. The number of carbonyl (C=O) groups excluding carboxylic acids is 1. The van der Waals surface area contributed by atoms with E-state index in [9.17, 15) is 18.0 Å². The van der Waals surface area contributed by atoms with Crippen LogP contribution in [-0.4, -0.2) is 42.8 Å². The number of hydrogen-bond donors (Lipinski definition) is 0. The van der Waals surface area contributed by atoms with E-state index >= 15 is 0 Å². The van der Waals surface area contributed by atoms with Crippen molar-refractivity contribution < 1.29 is 22.7 Å². The topological polar surface area (TPSA) is 29.5 Å². The zero-order chi connectivity index (χ0) is 14.2. The third kappa shape index (κ3) is 6.83. The Kier molecular flexibility index (Phi) is 7.98. The predicted octanol–water partition coefficient (Wildman–Crippen LogP) is 2.99. The molecule has 1 amide bonds. The van der Waals surface area contributed by atoms with Gasteiger partial charge in [-0.15, -0.1) is 0 Å². The Morgan fingerprint density at radius 1 is 1.22 bits per heavy atom. The fraction of sp³-hybridized carbons (Fsp3) is 0.917. The third-order valence-electron chi connectivity index (χ3n) is 2.63. The van der Waals surface area contributed by atoms with Gasteiger partial charge in [-0.25, -0.2) is 0 Å². The molecule has 0 aromatic rings. The smallest absolute Gasteiger partial charge is 0.372 e. The van der Waals surface area contributed by atoms with Crippen molar-refractivity contribution in [2.75, 3.05) is 19.8 Å². The minimum atomic E-state index is -4.37. The zero-order valence-corrected chi connectivity index (χ0v) is 11.2. The first-order valence-electron chi connectivity index (χ1n) is 6.29. The van der Waals surface area contributed by atoms with E-state index in [1.165, 1.54) is 0 Å². The highest BCUT2D eigenvalue weighted by Crippen LogP contribution is 2.20. The summed E-state index contributed by atoms with van der Waals surface area (Å²) >= 11 is 0. The molecule has 0 rings (SSSR count). The van der Waals surface area contributed by atoms with Crippen LogP contribution < -0.4 is 0 Å². The van der Waals surface area contributed by atoms with Crippen molar-refractivity contribution in [2.45, 2.75) is 52.3 Å². The molecule has 0 atom stereocenters. The molecule has 0 aromatic heterocycles. The fourth-order valence-electron chi connectivity index (χ4n) is 1.73. The van der Waals surface area contributed by atoms with Crippen LogP contribution in [-0.2, 0) is 9.53 Å².